The number of rotatable bonds is 6. The molecule has 1 aromatic carbocycles. The minimum atomic E-state index is -3.60. The van der Waals surface area contributed by atoms with E-state index < -0.39 is 10.0 Å². The number of nitrogens with one attached hydrogen (secondary N) is 1. The SMILES string of the molecule is COc1ccc(S(=O)(=O)N2CCN(C)CC2)cc1NC(=O)C[C@H]1C[C@H]2CC[C@@H]1C2. The quantitative estimate of drug-likeness (QED) is 0.763. The Labute approximate surface area is 173 Å². The standard InChI is InChI=1S/C21H31N3O4S/c1-23-7-9-24(10-8-23)29(26,27)18-5-6-20(28-2)19(14-18)22-21(25)13-17-12-15-3-4-16(17)11-15/h5-6,14-17H,3-4,7-13H2,1-2H3,(H,22,25)/t15-,16+,17+/m0/s1. The third-order valence-electron chi connectivity index (χ3n) is 6.88. The number of anilines is 1. The number of ether oxygens (including phenoxy) is 1. The lowest BCUT2D eigenvalue weighted by Crippen LogP contribution is -2.47. The molecule has 4 rings (SSSR count). The number of piperazine rings is 1. The van der Waals surface area contributed by atoms with Gasteiger partial charge in [-0.15, -0.1) is 0 Å². The minimum absolute atomic E-state index is 0.0602. The predicted molar refractivity (Wildman–Crippen MR) is 111 cm³/mol. The maximum atomic E-state index is 13.1. The molecule has 3 fully saturated rings. The number of hydrogen-bond acceptors (Lipinski definition) is 5. The van der Waals surface area contributed by atoms with Crippen LogP contribution in [-0.4, -0.2) is 63.9 Å². The van der Waals surface area contributed by atoms with Gasteiger partial charge in [-0.3, -0.25) is 4.79 Å². The summed E-state index contributed by atoms with van der Waals surface area (Å²) in [5.41, 5.74) is 0.427. The number of fused-ring (bicyclic) bond motifs is 2. The molecule has 29 heavy (non-hydrogen) atoms. The van der Waals surface area contributed by atoms with Crippen molar-refractivity contribution in [1.29, 1.82) is 0 Å². The van der Waals surface area contributed by atoms with Crippen molar-refractivity contribution in [3.05, 3.63) is 18.2 Å². The van der Waals surface area contributed by atoms with E-state index in [9.17, 15) is 13.2 Å². The van der Waals surface area contributed by atoms with Gasteiger partial charge in [0.1, 0.15) is 5.75 Å². The monoisotopic (exact) mass is 421 g/mol. The molecule has 1 heterocycles. The molecule has 7 nitrogen and oxygen atoms in total. The first-order valence-corrected chi connectivity index (χ1v) is 12.0. The van der Waals surface area contributed by atoms with Crippen LogP contribution in [0.4, 0.5) is 5.69 Å². The fourth-order valence-corrected chi connectivity index (χ4v) is 6.64. The van der Waals surface area contributed by atoms with Crippen molar-refractivity contribution in [3.8, 4) is 5.75 Å². The Morgan fingerprint density at radius 3 is 2.55 bits per heavy atom. The summed E-state index contributed by atoms with van der Waals surface area (Å²) in [6.45, 7) is 2.36. The van der Waals surface area contributed by atoms with Crippen LogP contribution in [0.15, 0.2) is 23.1 Å². The Balaban J connectivity index is 1.48. The number of carbonyl (C=O) groups is 1. The molecular formula is C21H31N3O4S. The van der Waals surface area contributed by atoms with Crippen molar-refractivity contribution in [1.82, 2.24) is 9.21 Å². The van der Waals surface area contributed by atoms with E-state index in [2.05, 4.69) is 10.2 Å². The molecule has 3 aliphatic rings. The zero-order valence-corrected chi connectivity index (χ0v) is 18.1. The molecule has 1 aliphatic heterocycles. The summed E-state index contributed by atoms with van der Waals surface area (Å²) >= 11 is 0. The summed E-state index contributed by atoms with van der Waals surface area (Å²) in [5.74, 6) is 2.34. The first-order valence-electron chi connectivity index (χ1n) is 10.5. The van der Waals surface area contributed by atoms with Gasteiger partial charge < -0.3 is 15.0 Å². The number of likely N-dealkylation sites (N-methyl/N-ethyl adjacent to an activating group) is 1. The summed E-state index contributed by atoms with van der Waals surface area (Å²) in [6, 6.07) is 4.71. The van der Waals surface area contributed by atoms with Gasteiger partial charge >= 0.3 is 0 Å². The van der Waals surface area contributed by atoms with Crippen molar-refractivity contribution in [2.24, 2.45) is 17.8 Å². The first-order chi connectivity index (χ1) is 13.9. The van der Waals surface area contributed by atoms with Crippen molar-refractivity contribution >= 4 is 21.6 Å². The van der Waals surface area contributed by atoms with Crippen LogP contribution in [0.25, 0.3) is 0 Å². The highest BCUT2D eigenvalue weighted by Crippen LogP contribution is 2.49. The maximum Gasteiger partial charge on any atom is 0.243 e. The Bertz CT molecular complexity index is 865. The van der Waals surface area contributed by atoms with Gasteiger partial charge in [0.15, 0.2) is 0 Å². The Morgan fingerprint density at radius 1 is 1.17 bits per heavy atom. The zero-order valence-electron chi connectivity index (χ0n) is 17.3. The topological polar surface area (TPSA) is 79.0 Å². The van der Waals surface area contributed by atoms with Gasteiger partial charge in [-0.05, 0) is 62.3 Å². The van der Waals surface area contributed by atoms with Crippen molar-refractivity contribution in [2.45, 2.75) is 37.0 Å². The third-order valence-corrected chi connectivity index (χ3v) is 8.77. The highest BCUT2D eigenvalue weighted by molar-refractivity contribution is 7.89. The van der Waals surface area contributed by atoms with Crippen molar-refractivity contribution < 1.29 is 17.9 Å². The molecule has 1 saturated heterocycles. The number of amides is 1. The average molecular weight is 422 g/mol. The smallest absolute Gasteiger partial charge is 0.243 e. The molecule has 0 radical (unpaired) electrons. The van der Waals surface area contributed by atoms with Crippen LogP contribution in [0.3, 0.4) is 0 Å². The van der Waals surface area contributed by atoms with E-state index in [0.29, 0.717) is 55.9 Å². The molecule has 2 bridgehead atoms. The molecule has 1 amide bonds. The van der Waals surface area contributed by atoms with E-state index in [0.717, 1.165) is 12.3 Å². The van der Waals surface area contributed by atoms with Gasteiger partial charge in [0.25, 0.3) is 0 Å². The molecule has 3 atom stereocenters. The van der Waals surface area contributed by atoms with Gasteiger partial charge in [-0.25, -0.2) is 8.42 Å². The van der Waals surface area contributed by atoms with E-state index in [1.807, 2.05) is 7.05 Å². The third kappa shape index (κ3) is 4.29. The van der Waals surface area contributed by atoms with Crippen LogP contribution >= 0.6 is 0 Å². The molecule has 0 spiro atoms. The van der Waals surface area contributed by atoms with Gasteiger partial charge in [-0.1, -0.05) is 6.42 Å². The number of sulfonamides is 1. The van der Waals surface area contributed by atoms with E-state index in [4.69, 9.17) is 4.74 Å². The molecular weight excluding hydrogens is 390 g/mol. The van der Waals surface area contributed by atoms with Gasteiger partial charge in [0.05, 0.1) is 17.7 Å². The normalized spacial score (nSPS) is 27.9. The van der Waals surface area contributed by atoms with E-state index >= 15 is 0 Å². The maximum absolute atomic E-state index is 13.1. The molecule has 0 aromatic heterocycles. The number of hydrogen-bond donors (Lipinski definition) is 1. The van der Waals surface area contributed by atoms with Crippen molar-refractivity contribution in [2.75, 3.05) is 45.7 Å². The molecule has 2 saturated carbocycles. The van der Waals surface area contributed by atoms with E-state index in [-0.39, 0.29) is 10.8 Å². The lowest BCUT2D eigenvalue weighted by molar-refractivity contribution is -0.117. The van der Waals surface area contributed by atoms with Crippen LogP contribution in [-0.2, 0) is 14.8 Å². The van der Waals surface area contributed by atoms with E-state index in [1.165, 1.54) is 36.7 Å². The number of methoxy groups -OCH3 is 1. The summed E-state index contributed by atoms with van der Waals surface area (Å²) < 4.78 is 33.0. The minimum Gasteiger partial charge on any atom is -0.495 e. The molecule has 1 N–H and O–H groups in total. The fraction of sp³-hybridized carbons (Fsp3) is 0.667. The fourth-order valence-electron chi connectivity index (χ4n) is 5.19. The zero-order chi connectivity index (χ0) is 20.6. The summed E-state index contributed by atoms with van der Waals surface area (Å²) in [6.07, 6.45) is 5.46. The van der Waals surface area contributed by atoms with Gasteiger partial charge in [-0.2, -0.15) is 4.31 Å². The van der Waals surface area contributed by atoms with Crippen LogP contribution in [0.5, 0.6) is 5.75 Å². The second-order valence-corrected chi connectivity index (χ2v) is 10.7. The second-order valence-electron chi connectivity index (χ2n) is 8.76. The van der Waals surface area contributed by atoms with Gasteiger partial charge in [0.2, 0.25) is 15.9 Å². The van der Waals surface area contributed by atoms with Crippen LogP contribution in [0.1, 0.15) is 32.1 Å². The van der Waals surface area contributed by atoms with Crippen LogP contribution in [0, 0.1) is 17.8 Å². The largest absolute Gasteiger partial charge is 0.495 e. The molecule has 160 valence electrons. The first kappa shape index (κ1) is 20.6. The number of nitrogens with zero attached hydrogens (tertiary/aromatic N) is 2. The predicted octanol–water partition coefficient (Wildman–Crippen LogP) is 2.40. The molecule has 8 heteroatoms. The Kier molecular flexibility index (Phi) is 5.86. The molecule has 0 unspecified atom stereocenters. The second kappa shape index (κ2) is 8.24. The lowest BCUT2D eigenvalue weighted by atomic mass is 9.86. The highest BCUT2D eigenvalue weighted by atomic mass is 32.2. The average Bonchev–Trinajstić information content (AvgIpc) is 3.31. The Morgan fingerprint density at radius 2 is 1.93 bits per heavy atom. The lowest BCUT2D eigenvalue weighted by Gasteiger charge is -2.31. The molecule has 1 aromatic rings. The number of carbonyl (C=O) groups excluding carboxylic acids is 1. The van der Waals surface area contributed by atoms with Crippen molar-refractivity contribution in [3.63, 3.8) is 0 Å². The summed E-state index contributed by atoms with van der Waals surface area (Å²) in [7, 11) is -0.0876. The Hall–Kier alpha value is -1.64. The van der Waals surface area contributed by atoms with Crippen LogP contribution < -0.4 is 10.1 Å². The van der Waals surface area contributed by atoms with Gasteiger partial charge in [0, 0.05) is 32.6 Å². The summed E-state index contributed by atoms with van der Waals surface area (Å²) in [4.78, 5) is 15.0. The molecule has 2 aliphatic carbocycles. The summed E-state index contributed by atoms with van der Waals surface area (Å²) in [5, 5.41) is 2.92. The van der Waals surface area contributed by atoms with Crippen LogP contribution in [0.2, 0.25) is 0 Å². The highest BCUT2D eigenvalue weighted by Gasteiger charge is 2.40. The van der Waals surface area contributed by atoms with E-state index in [1.54, 1.807) is 12.1 Å². The number of benzene rings is 1.